The Morgan fingerprint density at radius 1 is 0.413 bits per heavy atom. The molecule has 0 saturated carbocycles. The molecule has 296 valence electrons. The molecule has 2 aliphatic rings. The van der Waals surface area contributed by atoms with E-state index in [-0.39, 0.29) is 5.41 Å². The summed E-state index contributed by atoms with van der Waals surface area (Å²) in [5.41, 5.74) is 19.5. The van der Waals surface area contributed by atoms with Crippen LogP contribution in [0.5, 0.6) is 0 Å². The van der Waals surface area contributed by atoms with E-state index in [9.17, 15) is 0 Å². The number of hydrogen-bond donors (Lipinski definition) is 0. The van der Waals surface area contributed by atoms with Crippen molar-refractivity contribution < 1.29 is 0 Å². The minimum absolute atomic E-state index is 0.277. The zero-order valence-electron chi connectivity index (χ0n) is 35.0. The summed E-state index contributed by atoms with van der Waals surface area (Å²) in [4.78, 5) is 20.6. The Labute approximate surface area is 365 Å². The smallest absolute Gasteiger partial charge is 0.0794 e. The van der Waals surface area contributed by atoms with Crippen molar-refractivity contribution in [3.05, 3.63) is 193 Å². The molecule has 8 aromatic carbocycles. The van der Waals surface area contributed by atoms with Crippen molar-refractivity contribution >= 4 is 66.2 Å². The van der Waals surface area contributed by atoms with Gasteiger partial charge in [0.25, 0.3) is 0 Å². The SMILES string of the molecule is CC1(C)c2cc(-c3c4c(c(-c5cccc6ccccc56)c5cccnc35)N=CCC4)ccc2-c2ccc(-c3c4cccnc4c(-c4cccc5ccccc45)c4cccnc34)cc21. The van der Waals surface area contributed by atoms with Crippen molar-refractivity contribution in [2.75, 3.05) is 0 Å². The van der Waals surface area contributed by atoms with E-state index in [0.717, 1.165) is 67.9 Å². The summed E-state index contributed by atoms with van der Waals surface area (Å²) in [6.45, 7) is 4.76. The van der Waals surface area contributed by atoms with E-state index in [1.807, 2.05) is 18.6 Å². The van der Waals surface area contributed by atoms with Gasteiger partial charge in [-0.2, -0.15) is 0 Å². The Bertz CT molecular complexity index is 3720. The zero-order valence-corrected chi connectivity index (χ0v) is 35.0. The number of fused-ring (bicyclic) bond motifs is 9. The summed E-state index contributed by atoms with van der Waals surface area (Å²) in [6, 6.07) is 57.4. The first-order chi connectivity index (χ1) is 31.0. The predicted octanol–water partition coefficient (Wildman–Crippen LogP) is 15.3. The molecule has 0 N–H and O–H groups in total. The highest BCUT2D eigenvalue weighted by atomic mass is 14.8. The maximum Gasteiger partial charge on any atom is 0.0794 e. The lowest BCUT2D eigenvalue weighted by molar-refractivity contribution is 0.661. The molecule has 3 aromatic heterocycles. The van der Waals surface area contributed by atoms with Gasteiger partial charge in [0.2, 0.25) is 0 Å². The van der Waals surface area contributed by atoms with Gasteiger partial charge in [0, 0.05) is 68.6 Å². The van der Waals surface area contributed by atoms with E-state index < -0.39 is 0 Å². The highest BCUT2D eigenvalue weighted by Gasteiger charge is 2.37. The van der Waals surface area contributed by atoms with E-state index in [4.69, 9.17) is 19.9 Å². The lowest BCUT2D eigenvalue weighted by atomic mass is 9.79. The monoisotopic (exact) mass is 804 g/mol. The third-order valence-electron chi connectivity index (χ3n) is 13.9. The fraction of sp³-hybridized carbons (Fsp3) is 0.0847. The highest BCUT2D eigenvalue weighted by Crippen LogP contribution is 2.54. The van der Waals surface area contributed by atoms with Crippen LogP contribution in [0.1, 0.15) is 37.0 Å². The van der Waals surface area contributed by atoms with Crippen LogP contribution in [0.25, 0.3) is 110 Å². The second-order valence-corrected chi connectivity index (χ2v) is 17.6. The molecule has 0 fully saturated rings. The van der Waals surface area contributed by atoms with Gasteiger partial charge in [-0.05, 0) is 115 Å². The summed E-state index contributed by atoms with van der Waals surface area (Å²) in [6.07, 6.45) is 9.69. The van der Waals surface area contributed by atoms with Gasteiger partial charge in [-0.3, -0.25) is 19.9 Å². The maximum atomic E-state index is 5.20. The Balaban J connectivity index is 0.986. The molecule has 0 bridgehead atoms. The van der Waals surface area contributed by atoms with Crippen molar-refractivity contribution in [3.8, 4) is 55.6 Å². The summed E-state index contributed by atoms with van der Waals surface area (Å²) in [5.74, 6) is 0. The average Bonchev–Trinajstić information content (AvgIpc) is 3.56. The average molecular weight is 805 g/mol. The molecule has 4 heteroatoms. The van der Waals surface area contributed by atoms with Crippen LogP contribution in [0.3, 0.4) is 0 Å². The molecular weight excluding hydrogens is 765 g/mol. The van der Waals surface area contributed by atoms with E-state index in [2.05, 4.69) is 178 Å². The van der Waals surface area contributed by atoms with Crippen molar-refractivity contribution in [3.63, 3.8) is 0 Å². The molecule has 4 nitrogen and oxygen atoms in total. The Morgan fingerprint density at radius 2 is 0.889 bits per heavy atom. The molecule has 1 aliphatic heterocycles. The van der Waals surface area contributed by atoms with Crippen molar-refractivity contribution in [2.24, 2.45) is 4.99 Å². The topological polar surface area (TPSA) is 51.0 Å². The Kier molecular flexibility index (Phi) is 7.74. The van der Waals surface area contributed by atoms with Crippen LogP contribution >= 0.6 is 0 Å². The largest absolute Gasteiger partial charge is 0.260 e. The minimum atomic E-state index is -0.277. The van der Waals surface area contributed by atoms with E-state index in [1.54, 1.807) is 0 Å². The van der Waals surface area contributed by atoms with Crippen LogP contribution in [-0.2, 0) is 11.8 Å². The van der Waals surface area contributed by atoms with Gasteiger partial charge in [-0.15, -0.1) is 0 Å². The molecule has 13 rings (SSSR count). The number of aliphatic imine (C=N–C) groups is 1. The molecule has 1 aliphatic carbocycles. The lowest BCUT2D eigenvalue weighted by Crippen LogP contribution is -2.15. The molecule has 0 unspecified atom stereocenters. The molecule has 0 spiro atoms. The minimum Gasteiger partial charge on any atom is -0.260 e. The zero-order chi connectivity index (χ0) is 41.8. The third kappa shape index (κ3) is 5.22. The van der Waals surface area contributed by atoms with Crippen molar-refractivity contribution in [1.82, 2.24) is 15.0 Å². The molecule has 0 atom stereocenters. The van der Waals surface area contributed by atoms with Crippen LogP contribution in [-0.4, -0.2) is 21.2 Å². The third-order valence-corrected chi connectivity index (χ3v) is 13.9. The van der Waals surface area contributed by atoms with Gasteiger partial charge in [0.15, 0.2) is 0 Å². The number of rotatable bonds is 4. The Morgan fingerprint density at radius 3 is 1.51 bits per heavy atom. The van der Waals surface area contributed by atoms with Crippen LogP contribution in [0.4, 0.5) is 5.69 Å². The second kappa shape index (κ2) is 13.6. The summed E-state index contributed by atoms with van der Waals surface area (Å²) < 4.78 is 0. The Hall–Kier alpha value is -7.82. The normalized spacial score (nSPS) is 13.8. The fourth-order valence-corrected chi connectivity index (χ4v) is 11.0. The van der Waals surface area contributed by atoms with Crippen molar-refractivity contribution in [1.29, 1.82) is 0 Å². The first kappa shape index (κ1) is 35.9. The lowest BCUT2D eigenvalue weighted by Gasteiger charge is -2.25. The van der Waals surface area contributed by atoms with Gasteiger partial charge < -0.3 is 0 Å². The molecule has 63 heavy (non-hydrogen) atoms. The molecule has 4 heterocycles. The molecule has 11 aromatic rings. The number of pyridine rings is 3. The van der Waals surface area contributed by atoms with Gasteiger partial charge >= 0.3 is 0 Å². The number of benzene rings is 8. The van der Waals surface area contributed by atoms with Gasteiger partial charge in [-0.25, -0.2) is 0 Å². The first-order valence-corrected chi connectivity index (χ1v) is 21.9. The first-order valence-electron chi connectivity index (χ1n) is 21.9. The second-order valence-electron chi connectivity index (χ2n) is 17.6. The summed E-state index contributed by atoms with van der Waals surface area (Å²) >= 11 is 0. The van der Waals surface area contributed by atoms with E-state index in [0.29, 0.717) is 0 Å². The summed E-state index contributed by atoms with van der Waals surface area (Å²) in [7, 11) is 0. The molecule has 0 saturated heterocycles. The van der Waals surface area contributed by atoms with E-state index >= 15 is 0 Å². The van der Waals surface area contributed by atoms with Gasteiger partial charge in [-0.1, -0.05) is 141 Å². The van der Waals surface area contributed by atoms with Crippen LogP contribution < -0.4 is 0 Å². The highest BCUT2D eigenvalue weighted by molar-refractivity contribution is 6.22. The molecular formula is C59H40N4. The quantitative estimate of drug-likeness (QED) is 0.167. The number of aromatic nitrogens is 3. The van der Waals surface area contributed by atoms with Gasteiger partial charge in [0.1, 0.15) is 0 Å². The number of hydrogen-bond acceptors (Lipinski definition) is 4. The van der Waals surface area contributed by atoms with Gasteiger partial charge in [0.05, 0.1) is 22.2 Å². The van der Waals surface area contributed by atoms with E-state index in [1.165, 1.54) is 77.2 Å². The van der Waals surface area contributed by atoms with Crippen molar-refractivity contribution in [2.45, 2.75) is 32.1 Å². The van der Waals surface area contributed by atoms with Crippen LogP contribution in [0.2, 0.25) is 0 Å². The summed E-state index contributed by atoms with van der Waals surface area (Å²) in [5, 5.41) is 8.19. The maximum absolute atomic E-state index is 5.20. The molecule has 0 amide bonds. The standard InChI is InChI=1S/C59H40N4/c1-59(2)49-33-37(51-45-21-9-31-62-57(45)53(47-23-11-29-60-55(47)51)43-19-7-15-35-13-3-5-17-39(35)43)25-27-41(49)42-28-26-38(34-50(42)59)52-46-22-10-32-63-58(46)54(48-24-12-30-61-56(48)52)44-20-8-16-36-14-4-6-18-40(36)44/h3-9,11-21,23-34H,10,22H2,1-2H3. The van der Waals surface area contributed by atoms with Crippen LogP contribution in [0, 0.1) is 0 Å². The fourth-order valence-electron chi connectivity index (χ4n) is 11.0. The molecule has 0 radical (unpaired) electrons. The number of nitrogens with zero attached hydrogens (tertiary/aromatic N) is 4. The van der Waals surface area contributed by atoms with Crippen LogP contribution in [0.15, 0.2) is 181 Å². The predicted molar refractivity (Wildman–Crippen MR) is 263 cm³/mol.